The number of aromatic nitrogens is 2. The Bertz CT molecular complexity index is 839. The van der Waals surface area contributed by atoms with Crippen LogP contribution in [0.15, 0.2) is 48.5 Å². The Morgan fingerprint density at radius 3 is 2.65 bits per heavy atom. The van der Waals surface area contributed by atoms with Crippen LogP contribution in [-0.4, -0.2) is 15.5 Å². The molecule has 3 aromatic rings. The summed E-state index contributed by atoms with van der Waals surface area (Å²) in [5.41, 5.74) is 2.69. The lowest BCUT2D eigenvalue weighted by Gasteiger charge is -2.15. The summed E-state index contributed by atoms with van der Waals surface area (Å²) < 4.78 is 14.9. The first-order valence-electron chi connectivity index (χ1n) is 7.51. The van der Waals surface area contributed by atoms with Gasteiger partial charge in [0.15, 0.2) is 0 Å². The van der Waals surface area contributed by atoms with Crippen LogP contribution >= 0.6 is 0 Å². The summed E-state index contributed by atoms with van der Waals surface area (Å²) >= 11 is 0. The quantitative estimate of drug-likeness (QED) is 0.803. The summed E-state index contributed by atoms with van der Waals surface area (Å²) in [6.45, 7) is 3.97. The van der Waals surface area contributed by atoms with Gasteiger partial charge in [0.1, 0.15) is 18.2 Å². The second kappa shape index (κ2) is 6.20. The molecule has 0 saturated heterocycles. The molecule has 1 aromatic heterocycles. The number of nitrogens with one attached hydrogen (secondary N) is 1. The molecule has 3 rings (SSSR count). The van der Waals surface area contributed by atoms with Crippen molar-refractivity contribution in [1.82, 2.24) is 14.9 Å². The van der Waals surface area contributed by atoms with E-state index in [0.29, 0.717) is 0 Å². The Balaban J connectivity index is 1.73. The van der Waals surface area contributed by atoms with Gasteiger partial charge in [-0.25, -0.2) is 9.37 Å². The molecular weight excluding hydrogens is 293 g/mol. The first kappa shape index (κ1) is 15.2. The SMILES string of the molecule is Cc1nc2ccccc2n1CC(=O)NC(C)c1ccc(F)cc1. The number of amides is 1. The third kappa shape index (κ3) is 3.23. The molecule has 0 radical (unpaired) electrons. The van der Waals surface area contributed by atoms with Gasteiger partial charge < -0.3 is 9.88 Å². The molecule has 1 unspecified atom stereocenters. The van der Waals surface area contributed by atoms with Crippen molar-refractivity contribution in [1.29, 1.82) is 0 Å². The smallest absolute Gasteiger partial charge is 0.240 e. The van der Waals surface area contributed by atoms with Crippen molar-refractivity contribution >= 4 is 16.9 Å². The number of nitrogens with zero attached hydrogens (tertiary/aromatic N) is 2. The molecular formula is C18H18FN3O. The number of carbonyl (C=O) groups is 1. The van der Waals surface area contributed by atoms with Crippen LogP contribution in [0.1, 0.15) is 24.4 Å². The average molecular weight is 311 g/mol. The topological polar surface area (TPSA) is 46.9 Å². The lowest BCUT2D eigenvalue weighted by atomic mass is 10.1. The predicted octanol–water partition coefficient (Wildman–Crippen LogP) is 3.36. The van der Waals surface area contributed by atoms with Gasteiger partial charge in [-0.05, 0) is 43.7 Å². The number of aryl methyl sites for hydroxylation is 1. The standard InChI is InChI=1S/C18H18FN3O/c1-12(14-7-9-15(19)10-8-14)20-18(23)11-22-13(2)21-16-5-3-4-6-17(16)22/h3-10,12H,11H2,1-2H3,(H,20,23). The van der Waals surface area contributed by atoms with E-state index in [-0.39, 0.29) is 24.3 Å². The minimum atomic E-state index is -0.284. The zero-order valence-corrected chi connectivity index (χ0v) is 13.1. The van der Waals surface area contributed by atoms with Crippen molar-refractivity contribution in [3.05, 3.63) is 65.7 Å². The van der Waals surface area contributed by atoms with Crippen LogP contribution in [0.25, 0.3) is 11.0 Å². The van der Waals surface area contributed by atoms with Crippen LogP contribution in [-0.2, 0) is 11.3 Å². The van der Waals surface area contributed by atoms with Gasteiger partial charge >= 0.3 is 0 Å². The maximum atomic E-state index is 13.0. The molecule has 1 N–H and O–H groups in total. The molecule has 1 atom stereocenters. The number of fused-ring (bicyclic) bond motifs is 1. The van der Waals surface area contributed by atoms with E-state index in [1.54, 1.807) is 12.1 Å². The molecule has 0 aliphatic rings. The number of para-hydroxylation sites is 2. The second-order valence-corrected chi connectivity index (χ2v) is 5.57. The van der Waals surface area contributed by atoms with Crippen LogP contribution in [0, 0.1) is 12.7 Å². The van der Waals surface area contributed by atoms with Gasteiger partial charge in [-0.15, -0.1) is 0 Å². The summed E-state index contributed by atoms with van der Waals surface area (Å²) in [6.07, 6.45) is 0. The van der Waals surface area contributed by atoms with E-state index in [1.165, 1.54) is 12.1 Å². The average Bonchev–Trinajstić information content (AvgIpc) is 2.84. The van der Waals surface area contributed by atoms with E-state index in [1.807, 2.05) is 42.7 Å². The molecule has 5 heteroatoms. The van der Waals surface area contributed by atoms with Gasteiger partial charge in [-0.1, -0.05) is 24.3 Å². The Hall–Kier alpha value is -2.69. The molecule has 23 heavy (non-hydrogen) atoms. The van der Waals surface area contributed by atoms with Gasteiger partial charge in [-0.3, -0.25) is 4.79 Å². The highest BCUT2D eigenvalue weighted by atomic mass is 19.1. The molecule has 1 amide bonds. The van der Waals surface area contributed by atoms with Crippen LogP contribution in [0.5, 0.6) is 0 Å². The number of hydrogen-bond acceptors (Lipinski definition) is 2. The number of imidazole rings is 1. The highest BCUT2D eigenvalue weighted by Crippen LogP contribution is 2.16. The molecule has 118 valence electrons. The Morgan fingerprint density at radius 2 is 1.91 bits per heavy atom. The molecule has 2 aromatic carbocycles. The number of halogens is 1. The van der Waals surface area contributed by atoms with Crippen molar-refractivity contribution in [2.75, 3.05) is 0 Å². The first-order chi connectivity index (χ1) is 11.0. The lowest BCUT2D eigenvalue weighted by Crippen LogP contribution is -2.30. The fourth-order valence-corrected chi connectivity index (χ4v) is 2.66. The lowest BCUT2D eigenvalue weighted by molar-refractivity contribution is -0.122. The number of carbonyl (C=O) groups excluding carboxylic acids is 1. The van der Waals surface area contributed by atoms with Gasteiger partial charge in [0.2, 0.25) is 5.91 Å². The largest absolute Gasteiger partial charge is 0.348 e. The third-order valence-corrected chi connectivity index (χ3v) is 3.89. The summed E-state index contributed by atoms with van der Waals surface area (Å²) in [4.78, 5) is 16.8. The maximum Gasteiger partial charge on any atom is 0.240 e. The molecule has 0 saturated carbocycles. The Morgan fingerprint density at radius 1 is 1.22 bits per heavy atom. The summed E-state index contributed by atoms with van der Waals surface area (Å²) in [5, 5.41) is 2.94. The number of rotatable bonds is 4. The molecule has 4 nitrogen and oxygen atoms in total. The minimum absolute atomic E-state index is 0.104. The monoisotopic (exact) mass is 311 g/mol. The van der Waals surface area contributed by atoms with Crippen LogP contribution in [0.3, 0.4) is 0 Å². The van der Waals surface area contributed by atoms with E-state index in [2.05, 4.69) is 10.3 Å². The molecule has 0 fully saturated rings. The summed E-state index contributed by atoms with van der Waals surface area (Å²) in [7, 11) is 0. The predicted molar refractivity (Wildman–Crippen MR) is 87.4 cm³/mol. The number of benzene rings is 2. The fraction of sp³-hybridized carbons (Fsp3) is 0.222. The van der Waals surface area contributed by atoms with Crippen molar-refractivity contribution in [2.24, 2.45) is 0 Å². The van der Waals surface area contributed by atoms with E-state index in [9.17, 15) is 9.18 Å². The third-order valence-electron chi connectivity index (χ3n) is 3.89. The van der Waals surface area contributed by atoms with Crippen LogP contribution in [0.4, 0.5) is 4.39 Å². The molecule has 0 aliphatic heterocycles. The van der Waals surface area contributed by atoms with E-state index in [4.69, 9.17) is 0 Å². The van der Waals surface area contributed by atoms with E-state index >= 15 is 0 Å². The zero-order chi connectivity index (χ0) is 16.4. The minimum Gasteiger partial charge on any atom is -0.348 e. The highest BCUT2D eigenvalue weighted by molar-refractivity contribution is 5.81. The van der Waals surface area contributed by atoms with Crippen LogP contribution < -0.4 is 5.32 Å². The molecule has 1 heterocycles. The molecule has 0 aliphatic carbocycles. The fourth-order valence-electron chi connectivity index (χ4n) is 2.66. The summed E-state index contributed by atoms with van der Waals surface area (Å²) in [5.74, 6) is 0.414. The van der Waals surface area contributed by atoms with E-state index < -0.39 is 0 Å². The molecule has 0 bridgehead atoms. The second-order valence-electron chi connectivity index (χ2n) is 5.57. The summed E-state index contributed by atoms with van der Waals surface area (Å²) in [6, 6.07) is 13.7. The normalized spacial score (nSPS) is 12.3. The van der Waals surface area contributed by atoms with E-state index in [0.717, 1.165) is 22.4 Å². The van der Waals surface area contributed by atoms with Crippen LogP contribution in [0.2, 0.25) is 0 Å². The van der Waals surface area contributed by atoms with Gasteiger partial charge in [-0.2, -0.15) is 0 Å². The van der Waals surface area contributed by atoms with Gasteiger partial charge in [0, 0.05) is 0 Å². The van der Waals surface area contributed by atoms with Gasteiger partial charge in [0.25, 0.3) is 0 Å². The Labute approximate surface area is 134 Å². The zero-order valence-electron chi connectivity index (χ0n) is 13.1. The number of hydrogen-bond donors (Lipinski definition) is 1. The highest BCUT2D eigenvalue weighted by Gasteiger charge is 2.13. The first-order valence-corrected chi connectivity index (χ1v) is 7.51. The van der Waals surface area contributed by atoms with Gasteiger partial charge in [0.05, 0.1) is 17.1 Å². The van der Waals surface area contributed by atoms with Crippen molar-refractivity contribution in [3.63, 3.8) is 0 Å². The van der Waals surface area contributed by atoms with Crippen molar-refractivity contribution < 1.29 is 9.18 Å². The van der Waals surface area contributed by atoms with Crippen molar-refractivity contribution in [2.45, 2.75) is 26.4 Å². The molecule has 0 spiro atoms. The van der Waals surface area contributed by atoms with Crippen molar-refractivity contribution in [3.8, 4) is 0 Å². The Kier molecular flexibility index (Phi) is 4.10. The maximum absolute atomic E-state index is 13.0.